The number of amides is 1. The van der Waals surface area contributed by atoms with Crippen LogP contribution in [0.5, 0.6) is 0 Å². The van der Waals surface area contributed by atoms with Crippen molar-refractivity contribution < 1.29 is 24.2 Å². The zero-order valence-corrected chi connectivity index (χ0v) is 10.3. The lowest BCUT2D eigenvalue weighted by Gasteiger charge is -2.29. The van der Waals surface area contributed by atoms with Crippen LogP contribution >= 0.6 is 0 Å². The van der Waals surface area contributed by atoms with E-state index in [4.69, 9.17) is 9.84 Å². The van der Waals surface area contributed by atoms with Crippen molar-refractivity contribution in [3.63, 3.8) is 0 Å². The van der Waals surface area contributed by atoms with Crippen molar-refractivity contribution in [2.24, 2.45) is 0 Å². The SMILES string of the molecule is CC(=O)c1ccc(N2CCC(C(=O)O)OC2=O)cc1. The second-order valence-electron chi connectivity index (χ2n) is 4.25. The van der Waals surface area contributed by atoms with Crippen LogP contribution in [0.1, 0.15) is 23.7 Å². The summed E-state index contributed by atoms with van der Waals surface area (Å²) in [5.41, 5.74) is 1.14. The van der Waals surface area contributed by atoms with Gasteiger partial charge in [-0.25, -0.2) is 9.59 Å². The number of aliphatic carboxylic acids is 1. The van der Waals surface area contributed by atoms with Crippen LogP contribution in [0.15, 0.2) is 24.3 Å². The molecule has 6 nitrogen and oxygen atoms in total. The van der Waals surface area contributed by atoms with E-state index in [2.05, 4.69) is 0 Å². The van der Waals surface area contributed by atoms with Crippen LogP contribution in [0, 0.1) is 0 Å². The highest BCUT2D eigenvalue weighted by Gasteiger charge is 2.32. The normalized spacial score (nSPS) is 18.9. The summed E-state index contributed by atoms with van der Waals surface area (Å²) in [7, 11) is 0. The highest BCUT2D eigenvalue weighted by atomic mass is 16.6. The summed E-state index contributed by atoms with van der Waals surface area (Å²) in [6.07, 6.45) is -1.54. The third kappa shape index (κ3) is 2.73. The number of ether oxygens (including phenoxy) is 1. The zero-order chi connectivity index (χ0) is 14.0. The minimum Gasteiger partial charge on any atom is -0.479 e. The molecule has 1 atom stereocenters. The topological polar surface area (TPSA) is 83.9 Å². The van der Waals surface area contributed by atoms with Crippen LogP contribution in [-0.2, 0) is 9.53 Å². The number of Topliss-reactive ketones (excluding diaryl/α,β-unsaturated/α-hetero) is 1. The van der Waals surface area contributed by atoms with E-state index in [9.17, 15) is 14.4 Å². The monoisotopic (exact) mass is 263 g/mol. The van der Waals surface area contributed by atoms with E-state index in [-0.39, 0.29) is 18.7 Å². The Bertz CT molecular complexity index is 522. The summed E-state index contributed by atoms with van der Waals surface area (Å²) >= 11 is 0. The van der Waals surface area contributed by atoms with Crippen LogP contribution in [0.3, 0.4) is 0 Å². The lowest BCUT2D eigenvalue weighted by Crippen LogP contribution is -2.44. The van der Waals surface area contributed by atoms with Crippen LogP contribution < -0.4 is 4.90 Å². The van der Waals surface area contributed by atoms with Crippen LogP contribution in [0.2, 0.25) is 0 Å². The number of anilines is 1. The molecule has 1 amide bonds. The lowest BCUT2D eigenvalue weighted by atomic mass is 10.1. The average molecular weight is 263 g/mol. The molecule has 0 saturated carbocycles. The fourth-order valence-corrected chi connectivity index (χ4v) is 1.87. The number of carbonyl (C=O) groups excluding carboxylic acids is 2. The number of nitrogens with zero attached hydrogens (tertiary/aromatic N) is 1. The van der Waals surface area contributed by atoms with E-state index in [1.54, 1.807) is 24.3 Å². The van der Waals surface area contributed by atoms with E-state index in [0.717, 1.165) is 0 Å². The molecule has 0 radical (unpaired) electrons. The Morgan fingerprint density at radius 2 is 1.95 bits per heavy atom. The second kappa shape index (κ2) is 5.09. The van der Waals surface area contributed by atoms with Crippen molar-refractivity contribution in [2.75, 3.05) is 11.4 Å². The van der Waals surface area contributed by atoms with E-state index in [1.807, 2.05) is 0 Å². The molecule has 1 heterocycles. The third-order valence-electron chi connectivity index (χ3n) is 2.94. The molecule has 100 valence electrons. The number of hydrogen-bond donors (Lipinski definition) is 1. The molecule has 1 aromatic carbocycles. The minimum atomic E-state index is -1.14. The standard InChI is InChI=1S/C13H13NO5/c1-8(15)9-2-4-10(5-3-9)14-7-6-11(12(16)17)19-13(14)18/h2-5,11H,6-7H2,1H3,(H,16,17). The summed E-state index contributed by atoms with van der Waals surface area (Å²) in [5.74, 6) is -1.20. The number of rotatable bonds is 3. The molecule has 1 fully saturated rings. The van der Waals surface area contributed by atoms with Crippen molar-refractivity contribution in [3.8, 4) is 0 Å². The Kier molecular flexibility index (Phi) is 3.50. The van der Waals surface area contributed by atoms with Crippen molar-refractivity contribution in [3.05, 3.63) is 29.8 Å². The number of ketones is 1. The molecule has 0 spiro atoms. The minimum absolute atomic E-state index is 0.0567. The van der Waals surface area contributed by atoms with Crippen molar-refractivity contribution in [1.82, 2.24) is 0 Å². The van der Waals surface area contributed by atoms with E-state index in [0.29, 0.717) is 11.3 Å². The molecule has 6 heteroatoms. The molecule has 1 saturated heterocycles. The van der Waals surface area contributed by atoms with Crippen LogP contribution in [-0.4, -0.2) is 35.6 Å². The van der Waals surface area contributed by atoms with E-state index < -0.39 is 18.2 Å². The Morgan fingerprint density at radius 1 is 1.32 bits per heavy atom. The molecule has 0 bridgehead atoms. The van der Waals surface area contributed by atoms with Gasteiger partial charge in [-0.15, -0.1) is 0 Å². The first-order valence-electron chi connectivity index (χ1n) is 5.81. The van der Waals surface area contributed by atoms with Gasteiger partial charge in [-0.1, -0.05) is 0 Å². The van der Waals surface area contributed by atoms with Gasteiger partial charge in [0.05, 0.1) is 0 Å². The molecule has 1 aliphatic rings. The maximum absolute atomic E-state index is 11.7. The van der Waals surface area contributed by atoms with Crippen molar-refractivity contribution in [2.45, 2.75) is 19.4 Å². The van der Waals surface area contributed by atoms with Gasteiger partial charge < -0.3 is 9.84 Å². The average Bonchev–Trinajstić information content (AvgIpc) is 2.38. The smallest absolute Gasteiger partial charge is 0.415 e. The molecule has 19 heavy (non-hydrogen) atoms. The van der Waals surface area contributed by atoms with Gasteiger partial charge in [-0.2, -0.15) is 0 Å². The number of cyclic esters (lactones) is 1. The molecule has 2 rings (SSSR count). The summed E-state index contributed by atoms with van der Waals surface area (Å²) in [6, 6.07) is 6.51. The summed E-state index contributed by atoms with van der Waals surface area (Å²) in [5, 5.41) is 8.78. The first kappa shape index (κ1) is 13.1. The predicted molar refractivity (Wildman–Crippen MR) is 66.3 cm³/mol. The lowest BCUT2D eigenvalue weighted by molar-refractivity contribution is -0.147. The molecule has 1 aliphatic heterocycles. The summed E-state index contributed by atoms with van der Waals surface area (Å²) in [6.45, 7) is 1.73. The van der Waals surface area contributed by atoms with Crippen molar-refractivity contribution >= 4 is 23.5 Å². The Balaban J connectivity index is 2.13. The van der Waals surface area contributed by atoms with Gasteiger partial charge >= 0.3 is 12.1 Å². The maximum Gasteiger partial charge on any atom is 0.415 e. The fraction of sp³-hybridized carbons (Fsp3) is 0.308. The molecule has 1 aromatic rings. The van der Waals surface area contributed by atoms with Gasteiger partial charge in [-0.05, 0) is 31.2 Å². The summed E-state index contributed by atoms with van der Waals surface area (Å²) in [4.78, 5) is 34.9. The van der Waals surface area contributed by atoms with Crippen LogP contribution in [0.25, 0.3) is 0 Å². The van der Waals surface area contributed by atoms with E-state index in [1.165, 1.54) is 11.8 Å². The molecular weight excluding hydrogens is 250 g/mol. The number of carboxylic acid groups (broad SMARTS) is 1. The molecule has 0 aliphatic carbocycles. The first-order chi connectivity index (χ1) is 8.99. The highest BCUT2D eigenvalue weighted by Crippen LogP contribution is 2.21. The third-order valence-corrected chi connectivity index (χ3v) is 2.94. The predicted octanol–water partition coefficient (Wildman–Crippen LogP) is 1.69. The highest BCUT2D eigenvalue weighted by molar-refractivity contribution is 5.95. The van der Waals surface area contributed by atoms with Gasteiger partial charge in [0, 0.05) is 24.2 Å². The molecule has 0 aromatic heterocycles. The maximum atomic E-state index is 11.7. The van der Waals surface area contributed by atoms with Gasteiger partial charge in [0.2, 0.25) is 6.10 Å². The molecular formula is C13H13NO5. The molecule has 1 unspecified atom stereocenters. The largest absolute Gasteiger partial charge is 0.479 e. The van der Waals surface area contributed by atoms with E-state index >= 15 is 0 Å². The van der Waals surface area contributed by atoms with Gasteiger partial charge in [0.25, 0.3) is 0 Å². The number of benzene rings is 1. The van der Waals surface area contributed by atoms with Gasteiger partial charge in [0.15, 0.2) is 5.78 Å². The second-order valence-corrected chi connectivity index (χ2v) is 4.25. The van der Waals surface area contributed by atoms with Crippen molar-refractivity contribution in [1.29, 1.82) is 0 Å². The Morgan fingerprint density at radius 3 is 2.42 bits per heavy atom. The first-order valence-corrected chi connectivity index (χ1v) is 5.81. The van der Waals surface area contributed by atoms with Gasteiger partial charge in [0.1, 0.15) is 0 Å². The zero-order valence-electron chi connectivity index (χ0n) is 10.3. The molecule has 1 N–H and O–H groups in total. The van der Waals surface area contributed by atoms with Crippen LogP contribution in [0.4, 0.5) is 10.5 Å². The number of carboxylic acids is 1. The number of hydrogen-bond acceptors (Lipinski definition) is 4. The fourth-order valence-electron chi connectivity index (χ4n) is 1.87. The Labute approximate surface area is 109 Å². The number of carbonyl (C=O) groups is 3. The quantitative estimate of drug-likeness (QED) is 0.839. The van der Waals surface area contributed by atoms with Gasteiger partial charge in [-0.3, -0.25) is 9.69 Å². The Hall–Kier alpha value is -2.37. The summed E-state index contributed by atoms with van der Waals surface area (Å²) < 4.78 is 4.81.